The Bertz CT molecular complexity index is 995. The number of aromatic nitrogens is 4. The van der Waals surface area contributed by atoms with Crippen molar-refractivity contribution in [2.45, 2.75) is 19.5 Å². The van der Waals surface area contributed by atoms with E-state index in [2.05, 4.69) is 20.4 Å². The Labute approximate surface area is 156 Å². The molecule has 2 aromatic heterocycles. The summed E-state index contributed by atoms with van der Waals surface area (Å²) in [5, 5.41) is 7.24. The average molecular weight is 364 g/mol. The Balaban J connectivity index is 1.51. The lowest BCUT2D eigenvalue weighted by atomic mass is 10.2. The third-order valence-corrected chi connectivity index (χ3v) is 4.51. The van der Waals surface area contributed by atoms with Gasteiger partial charge in [0.1, 0.15) is 23.9 Å². The normalized spacial score (nSPS) is 16.1. The van der Waals surface area contributed by atoms with Gasteiger partial charge in [-0.1, -0.05) is 24.3 Å². The summed E-state index contributed by atoms with van der Waals surface area (Å²) in [4.78, 5) is 23.3. The van der Waals surface area contributed by atoms with Crippen molar-refractivity contribution in [3.63, 3.8) is 0 Å². The smallest absolute Gasteiger partial charge is 0.254 e. The van der Waals surface area contributed by atoms with Gasteiger partial charge in [0, 0.05) is 24.8 Å². The minimum absolute atomic E-state index is 0.0673. The number of ether oxygens (including phenoxy) is 1. The highest BCUT2D eigenvalue weighted by molar-refractivity contribution is 5.88. The van der Waals surface area contributed by atoms with Crippen LogP contribution < -0.4 is 15.0 Å². The molecule has 1 atom stereocenters. The number of carbonyl (C=O) groups excluding carboxylic acids is 1. The van der Waals surface area contributed by atoms with Crippen LogP contribution in [-0.2, 0) is 11.3 Å². The number of amides is 1. The summed E-state index contributed by atoms with van der Waals surface area (Å²) >= 11 is 0. The van der Waals surface area contributed by atoms with E-state index >= 15 is 0 Å². The van der Waals surface area contributed by atoms with Gasteiger partial charge in [0.15, 0.2) is 0 Å². The number of methoxy groups -OCH3 is 1. The molecule has 0 saturated heterocycles. The van der Waals surface area contributed by atoms with Crippen LogP contribution >= 0.6 is 0 Å². The molecule has 1 amide bonds. The summed E-state index contributed by atoms with van der Waals surface area (Å²) in [6.45, 7) is 2.98. The SMILES string of the molecule is COc1ccc(CNC(=O)[C@@H]2C=CCN2c2cc(C)nc3ncnn23)cc1. The number of rotatable bonds is 5. The van der Waals surface area contributed by atoms with E-state index in [0.29, 0.717) is 18.9 Å². The van der Waals surface area contributed by atoms with Crippen LogP contribution in [0.4, 0.5) is 5.82 Å². The zero-order chi connectivity index (χ0) is 18.8. The second-order valence-electron chi connectivity index (χ2n) is 6.32. The second-order valence-corrected chi connectivity index (χ2v) is 6.32. The fraction of sp³-hybridized carbons (Fsp3) is 0.263. The van der Waals surface area contributed by atoms with Crippen molar-refractivity contribution < 1.29 is 9.53 Å². The Morgan fingerprint density at radius 3 is 2.93 bits per heavy atom. The molecule has 3 aromatic rings. The summed E-state index contributed by atoms with van der Waals surface area (Å²) in [5.41, 5.74) is 1.84. The number of nitrogens with zero attached hydrogens (tertiary/aromatic N) is 5. The molecule has 27 heavy (non-hydrogen) atoms. The first-order valence-electron chi connectivity index (χ1n) is 8.67. The lowest BCUT2D eigenvalue weighted by Crippen LogP contribution is -2.44. The molecule has 3 heterocycles. The van der Waals surface area contributed by atoms with Gasteiger partial charge in [-0.2, -0.15) is 14.6 Å². The van der Waals surface area contributed by atoms with E-state index in [9.17, 15) is 4.79 Å². The van der Waals surface area contributed by atoms with Gasteiger partial charge in [0.2, 0.25) is 5.91 Å². The number of aryl methyl sites for hydroxylation is 1. The van der Waals surface area contributed by atoms with E-state index < -0.39 is 6.04 Å². The highest BCUT2D eigenvalue weighted by Gasteiger charge is 2.29. The molecular formula is C19H20N6O2. The minimum atomic E-state index is -0.405. The van der Waals surface area contributed by atoms with Crippen LogP contribution in [0.15, 0.2) is 48.8 Å². The quantitative estimate of drug-likeness (QED) is 0.691. The maximum absolute atomic E-state index is 12.8. The zero-order valence-electron chi connectivity index (χ0n) is 15.2. The number of hydrogen-bond donors (Lipinski definition) is 1. The summed E-state index contributed by atoms with van der Waals surface area (Å²) in [6, 6.07) is 9.14. The van der Waals surface area contributed by atoms with Crippen molar-refractivity contribution in [1.82, 2.24) is 24.9 Å². The fourth-order valence-corrected chi connectivity index (χ4v) is 3.14. The van der Waals surface area contributed by atoms with Crippen LogP contribution in [-0.4, -0.2) is 45.2 Å². The summed E-state index contributed by atoms with van der Waals surface area (Å²) < 4.78 is 6.81. The third kappa shape index (κ3) is 3.33. The van der Waals surface area contributed by atoms with Crippen LogP contribution in [0.25, 0.3) is 5.78 Å². The van der Waals surface area contributed by atoms with Gasteiger partial charge < -0.3 is 15.0 Å². The standard InChI is InChI=1S/C19H20N6O2/c1-13-10-17(25-19(23-13)21-12-22-25)24-9-3-4-16(24)18(26)20-11-14-5-7-15(27-2)8-6-14/h3-8,10,12,16H,9,11H2,1-2H3,(H,20,26)/t16-/m0/s1. The van der Waals surface area contributed by atoms with Crippen molar-refractivity contribution in [3.05, 3.63) is 60.1 Å². The number of nitrogens with one attached hydrogen (secondary N) is 1. The lowest BCUT2D eigenvalue weighted by molar-refractivity contribution is -0.121. The molecule has 0 radical (unpaired) electrons. The first-order valence-corrected chi connectivity index (χ1v) is 8.67. The average Bonchev–Trinajstić information content (AvgIpc) is 3.35. The van der Waals surface area contributed by atoms with Crippen molar-refractivity contribution in [2.75, 3.05) is 18.6 Å². The van der Waals surface area contributed by atoms with Crippen molar-refractivity contribution in [2.24, 2.45) is 0 Å². The maximum Gasteiger partial charge on any atom is 0.254 e. The topological polar surface area (TPSA) is 84.6 Å². The van der Waals surface area contributed by atoms with Gasteiger partial charge in [-0.15, -0.1) is 0 Å². The molecule has 1 N–H and O–H groups in total. The molecule has 0 aliphatic carbocycles. The van der Waals surface area contributed by atoms with Gasteiger partial charge in [-0.05, 0) is 24.6 Å². The van der Waals surface area contributed by atoms with Crippen molar-refractivity contribution in [1.29, 1.82) is 0 Å². The number of carbonyl (C=O) groups is 1. The number of hydrogen-bond acceptors (Lipinski definition) is 6. The summed E-state index contributed by atoms with van der Waals surface area (Å²) in [6.07, 6.45) is 5.35. The second kappa shape index (κ2) is 7.06. The molecule has 0 saturated carbocycles. The molecule has 1 aliphatic rings. The fourth-order valence-electron chi connectivity index (χ4n) is 3.14. The molecule has 0 fully saturated rings. The highest BCUT2D eigenvalue weighted by Crippen LogP contribution is 2.22. The Kier molecular flexibility index (Phi) is 4.45. The molecule has 1 aromatic carbocycles. The molecule has 0 unspecified atom stereocenters. The van der Waals surface area contributed by atoms with Gasteiger partial charge in [0.25, 0.3) is 5.78 Å². The van der Waals surface area contributed by atoms with Gasteiger partial charge in [0.05, 0.1) is 7.11 Å². The largest absolute Gasteiger partial charge is 0.497 e. The molecule has 0 spiro atoms. The monoisotopic (exact) mass is 364 g/mol. The predicted octanol–water partition coefficient (Wildman–Crippen LogP) is 1.50. The molecule has 138 valence electrons. The van der Waals surface area contributed by atoms with Crippen molar-refractivity contribution in [3.8, 4) is 5.75 Å². The van der Waals surface area contributed by atoms with E-state index in [0.717, 1.165) is 22.8 Å². The predicted molar refractivity (Wildman–Crippen MR) is 101 cm³/mol. The molecular weight excluding hydrogens is 344 g/mol. The molecule has 1 aliphatic heterocycles. The van der Waals surface area contributed by atoms with Crippen LogP contribution in [0.5, 0.6) is 5.75 Å². The molecule has 0 bridgehead atoms. The maximum atomic E-state index is 12.8. The van der Waals surface area contributed by atoms with Crippen LogP contribution in [0.2, 0.25) is 0 Å². The van der Waals surface area contributed by atoms with E-state index in [1.54, 1.807) is 11.6 Å². The van der Waals surface area contributed by atoms with E-state index in [-0.39, 0.29) is 5.91 Å². The van der Waals surface area contributed by atoms with Crippen molar-refractivity contribution >= 4 is 17.5 Å². The Morgan fingerprint density at radius 2 is 2.15 bits per heavy atom. The Hall–Kier alpha value is -3.42. The third-order valence-electron chi connectivity index (χ3n) is 4.51. The van der Waals surface area contributed by atoms with Crippen LogP contribution in [0.1, 0.15) is 11.3 Å². The number of anilines is 1. The first kappa shape index (κ1) is 17.0. The number of benzene rings is 1. The van der Waals surface area contributed by atoms with Gasteiger partial charge >= 0.3 is 0 Å². The zero-order valence-corrected chi connectivity index (χ0v) is 15.2. The minimum Gasteiger partial charge on any atom is -0.497 e. The van der Waals surface area contributed by atoms with Gasteiger partial charge in [-0.25, -0.2) is 4.98 Å². The van der Waals surface area contributed by atoms with E-state index in [4.69, 9.17) is 4.74 Å². The highest BCUT2D eigenvalue weighted by atomic mass is 16.5. The van der Waals surface area contributed by atoms with E-state index in [1.807, 2.05) is 54.3 Å². The van der Waals surface area contributed by atoms with Crippen LogP contribution in [0.3, 0.4) is 0 Å². The summed E-state index contributed by atoms with van der Waals surface area (Å²) in [5.74, 6) is 2.04. The molecule has 4 rings (SSSR count). The van der Waals surface area contributed by atoms with E-state index in [1.165, 1.54) is 6.33 Å². The summed E-state index contributed by atoms with van der Waals surface area (Å²) in [7, 11) is 1.63. The first-order chi connectivity index (χ1) is 13.2. The van der Waals surface area contributed by atoms with Gasteiger partial charge in [-0.3, -0.25) is 4.79 Å². The molecule has 8 heteroatoms. The van der Waals surface area contributed by atoms with Crippen LogP contribution in [0, 0.1) is 6.92 Å². The Morgan fingerprint density at radius 1 is 1.33 bits per heavy atom. The number of fused-ring (bicyclic) bond motifs is 1. The molecule has 8 nitrogen and oxygen atoms in total. The lowest BCUT2D eigenvalue weighted by Gasteiger charge is -2.26.